The summed E-state index contributed by atoms with van der Waals surface area (Å²) in [6.45, 7) is 0. The van der Waals surface area contributed by atoms with Gasteiger partial charge in [-0.25, -0.2) is 4.98 Å². The molecule has 5 rings (SSSR count). The maximum Gasteiger partial charge on any atom is 0.119 e. The van der Waals surface area contributed by atoms with Crippen molar-refractivity contribution in [3.05, 3.63) is 107 Å². The lowest BCUT2D eigenvalue weighted by molar-refractivity contribution is 0.470. The second kappa shape index (κ2) is 7.77. The Hall–Kier alpha value is -4.03. The highest BCUT2D eigenvalue weighted by atomic mass is 16.3. The molecule has 0 aliphatic heterocycles. The van der Waals surface area contributed by atoms with Gasteiger partial charge in [0.2, 0.25) is 0 Å². The summed E-state index contributed by atoms with van der Waals surface area (Å²) in [5.74, 6) is 6.83. The third-order valence-electron chi connectivity index (χ3n) is 5.29. The molecule has 0 aliphatic carbocycles. The summed E-state index contributed by atoms with van der Waals surface area (Å²) in [4.78, 5) is 7.40. The number of fused-ring (bicyclic) bond motifs is 2. The normalized spacial score (nSPS) is 10.8. The number of rotatable bonds is 3. The first-order valence-electron chi connectivity index (χ1n) is 9.95. The largest absolute Gasteiger partial charge is 0.508 e. The number of hydrogen-bond donors (Lipinski definition) is 2. The molecule has 2 N–H and O–H groups in total. The molecule has 1 aromatic heterocycles. The lowest BCUT2D eigenvalue weighted by Gasteiger charge is -2.08. The zero-order valence-electron chi connectivity index (χ0n) is 16.4. The van der Waals surface area contributed by atoms with E-state index in [1.54, 1.807) is 6.33 Å². The van der Waals surface area contributed by atoms with Crippen LogP contribution in [-0.4, -0.2) is 15.1 Å². The number of nitrogens with zero attached hydrogens (tertiary/aromatic N) is 1. The third kappa shape index (κ3) is 3.76. The van der Waals surface area contributed by atoms with Crippen molar-refractivity contribution in [2.45, 2.75) is 12.8 Å². The Morgan fingerprint density at radius 2 is 1.73 bits per heavy atom. The highest BCUT2D eigenvalue weighted by Crippen LogP contribution is 2.28. The summed E-state index contributed by atoms with van der Waals surface area (Å²) < 4.78 is 0. The Balaban J connectivity index is 1.42. The average molecular weight is 388 g/mol. The second-order valence-electron chi connectivity index (χ2n) is 7.44. The van der Waals surface area contributed by atoms with E-state index in [-0.39, 0.29) is 0 Å². The number of phenols is 1. The van der Waals surface area contributed by atoms with Gasteiger partial charge in [0, 0.05) is 18.4 Å². The maximum absolute atomic E-state index is 10.5. The summed E-state index contributed by atoms with van der Waals surface area (Å²) in [5, 5.41) is 12.6. The molecule has 0 atom stereocenters. The molecule has 4 aromatic carbocycles. The molecule has 0 saturated heterocycles. The van der Waals surface area contributed by atoms with Gasteiger partial charge < -0.3 is 10.1 Å². The predicted octanol–water partition coefficient (Wildman–Crippen LogP) is 5.61. The summed E-state index contributed by atoms with van der Waals surface area (Å²) in [6.07, 6.45) is 3.08. The van der Waals surface area contributed by atoms with Crippen molar-refractivity contribution in [2.75, 3.05) is 0 Å². The Morgan fingerprint density at radius 1 is 0.833 bits per heavy atom. The summed E-state index contributed by atoms with van der Waals surface area (Å²) in [7, 11) is 0. The molecule has 0 spiro atoms. The number of imidazole rings is 1. The van der Waals surface area contributed by atoms with Crippen LogP contribution >= 0.6 is 0 Å². The van der Waals surface area contributed by atoms with E-state index in [4.69, 9.17) is 0 Å². The minimum absolute atomic E-state index is 0.315. The van der Waals surface area contributed by atoms with Crippen molar-refractivity contribution in [3.8, 4) is 17.6 Å². The molecular weight excluding hydrogens is 368 g/mol. The Bertz CT molecular complexity index is 1410. The van der Waals surface area contributed by atoms with Crippen LogP contribution in [0.2, 0.25) is 0 Å². The quantitative estimate of drug-likeness (QED) is 0.395. The monoisotopic (exact) mass is 388 g/mol. The van der Waals surface area contributed by atoms with E-state index in [0.717, 1.165) is 44.9 Å². The first-order chi connectivity index (χ1) is 14.7. The lowest BCUT2D eigenvalue weighted by atomic mass is 9.98. The fourth-order valence-electron chi connectivity index (χ4n) is 3.71. The smallest absolute Gasteiger partial charge is 0.119 e. The number of phenolic OH excluding ortho intramolecular Hbond substituents is 1. The molecule has 0 fully saturated rings. The summed E-state index contributed by atoms with van der Waals surface area (Å²) in [5.41, 5.74) is 6.17. The topological polar surface area (TPSA) is 48.9 Å². The first-order valence-corrected chi connectivity index (χ1v) is 9.95. The lowest BCUT2D eigenvalue weighted by Crippen LogP contribution is -1.90. The van der Waals surface area contributed by atoms with Crippen LogP contribution < -0.4 is 0 Å². The standard InChI is InChI=1S/C27H20N2O/c30-27-17-22-11-9-20(8-4-7-19-5-2-1-3-6-19)13-23(22)16-24(27)14-21-10-12-25-26(15-21)29-18-28-25/h1-3,5-6,9-13,15-18,30H,7,14H2,(H,28,29). The van der Waals surface area contributed by atoms with Gasteiger partial charge in [-0.1, -0.05) is 54.3 Å². The van der Waals surface area contributed by atoms with Gasteiger partial charge in [-0.15, -0.1) is 0 Å². The van der Waals surface area contributed by atoms with Gasteiger partial charge in [-0.2, -0.15) is 0 Å². The molecule has 30 heavy (non-hydrogen) atoms. The van der Waals surface area contributed by atoms with Crippen molar-refractivity contribution in [1.29, 1.82) is 0 Å². The first kappa shape index (κ1) is 18.0. The molecule has 0 unspecified atom stereocenters. The van der Waals surface area contributed by atoms with E-state index in [9.17, 15) is 5.11 Å². The van der Waals surface area contributed by atoms with Crippen LogP contribution in [0.1, 0.15) is 22.3 Å². The molecular formula is C27H20N2O. The van der Waals surface area contributed by atoms with Crippen molar-refractivity contribution in [3.63, 3.8) is 0 Å². The van der Waals surface area contributed by atoms with Crippen LogP contribution in [0.25, 0.3) is 21.8 Å². The van der Waals surface area contributed by atoms with Gasteiger partial charge >= 0.3 is 0 Å². The van der Waals surface area contributed by atoms with Crippen LogP contribution in [0.15, 0.2) is 85.2 Å². The van der Waals surface area contributed by atoms with Gasteiger partial charge in [0.15, 0.2) is 0 Å². The molecule has 0 aliphatic rings. The van der Waals surface area contributed by atoms with Crippen molar-refractivity contribution in [2.24, 2.45) is 0 Å². The number of benzene rings is 4. The Morgan fingerprint density at radius 3 is 2.63 bits per heavy atom. The molecule has 1 heterocycles. The SMILES string of the molecule is Oc1cc2ccc(C#CCc3ccccc3)cc2cc1Cc1ccc2nc[nH]c2c1. The van der Waals surface area contributed by atoms with Crippen molar-refractivity contribution in [1.82, 2.24) is 9.97 Å². The van der Waals surface area contributed by atoms with Crippen LogP contribution in [0.5, 0.6) is 5.75 Å². The summed E-state index contributed by atoms with van der Waals surface area (Å²) in [6, 6.07) is 26.4. The molecule has 0 radical (unpaired) electrons. The van der Waals surface area contributed by atoms with E-state index in [1.165, 1.54) is 5.56 Å². The van der Waals surface area contributed by atoms with Gasteiger partial charge in [0.25, 0.3) is 0 Å². The van der Waals surface area contributed by atoms with E-state index < -0.39 is 0 Å². The van der Waals surface area contributed by atoms with Crippen LogP contribution in [0.3, 0.4) is 0 Å². The number of hydrogen-bond acceptors (Lipinski definition) is 2. The second-order valence-corrected chi connectivity index (χ2v) is 7.44. The molecule has 3 heteroatoms. The molecule has 3 nitrogen and oxygen atoms in total. The average Bonchev–Trinajstić information content (AvgIpc) is 3.23. The third-order valence-corrected chi connectivity index (χ3v) is 5.29. The zero-order chi connectivity index (χ0) is 20.3. The molecule has 0 amide bonds. The number of H-pyrrole nitrogens is 1. The van der Waals surface area contributed by atoms with E-state index in [2.05, 4.69) is 58.2 Å². The minimum atomic E-state index is 0.315. The summed E-state index contributed by atoms with van der Waals surface area (Å²) >= 11 is 0. The van der Waals surface area contributed by atoms with Crippen LogP contribution in [0, 0.1) is 11.8 Å². The Labute approximate surface area is 175 Å². The Kier molecular flexibility index (Phi) is 4.67. The van der Waals surface area contributed by atoms with Gasteiger partial charge in [-0.05, 0) is 63.9 Å². The van der Waals surface area contributed by atoms with E-state index >= 15 is 0 Å². The van der Waals surface area contributed by atoms with Crippen LogP contribution in [0.4, 0.5) is 0 Å². The number of aromatic hydroxyl groups is 1. The number of aromatic amines is 1. The van der Waals surface area contributed by atoms with Gasteiger partial charge in [-0.3, -0.25) is 0 Å². The minimum Gasteiger partial charge on any atom is -0.508 e. The van der Waals surface area contributed by atoms with Crippen molar-refractivity contribution >= 4 is 21.8 Å². The molecule has 5 aromatic rings. The van der Waals surface area contributed by atoms with Crippen LogP contribution in [-0.2, 0) is 12.8 Å². The van der Waals surface area contributed by atoms with E-state index in [1.807, 2.05) is 42.5 Å². The molecule has 0 bridgehead atoms. The molecule has 144 valence electrons. The predicted molar refractivity (Wildman–Crippen MR) is 122 cm³/mol. The van der Waals surface area contributed by atoms with Gasteiger partial charge in [0.1, 0.15) is 5.75 Å². The van der Waals surface area contributed by atoms with E-state index in [0.29, 0.717) is 12.2 Å². The fraction of sp³-hybridized carbons (Fsp3) is 0.0741. The highest BCUT2D eigenvalue weighted by Gasteiger charge is 2.07. The zero-order valence-corrected chi connectivity index (χ0v) is 16.4. The number of aromatic nitrogens is 2. The maximum atomic E-state index is 10.5. The number of nitrogens with one attached hydrogen (secondary N) is 1. The van der Waals surface area contributed by atoms with Crippen molar-refractivity contribution < 1.29 is 5.11 Å². The molecule has 0 saturated carbocycles. The van der Waals surface area contributed by atoms with Gasteiger partial charge in [0.05, 0.1) is 17.4 Å². The highest BCUT2D eigenvalue weighted by molar-refractivity contribution is 5.86. The fourth-order valence-corrected chi connectivity index (χ4v) is 3.71.